The number of hydrogen-bond acceptors (Lipinski definition) is 4. The molecule has 104 valence electrons. The highest BCUT2D eigenvalue weighted by atomic mass is 16.5. The summed E-state index contributed by atoms with van der Waals surface area (Å²) in [5.74, 6) is -0.518. The second kappa shape index (κ2) is 6.32. The Labute approximate surface area is 118 Å². The van der Waals surface area contributed by atoms with Crippen LogP contribution < -0.4 is 11.5 Å². The molecule has 0 bridgehead atoms. The monoisotopic (exact) mass is 270 g/mol. The molecule has 4 heteroatoms. The molecule has 0 aromatic heterocycles. The zero-order chi connectivity index (χ0) is 14.4. The molecule has 0 aliphatic heterocycles. The molecule has 0 saturated heterocycles. The topological polar surface area (TPSA) is 78.3 Å². The van der Waals surface area contributed by atoms with E-state index in [0.717, 1.165) is 5.56 Å². The van der Waals surface area contributed by atoms with E-state index < -0.39 is 11.5 Å². The molecule has 0 amide bonds. The Balaban J connectivity index is 2.10. The van der Waals surface area contributed by atoms with Crippen LogP contribution in [-0.4, -0.2) is 12.5 Å². The summed E-state index contributed by atoms with van der Waals surface area (Å²) < 4.78 is 5.29. The maximum absolute atomic E-state index is 12.2. The van der Waals surface area contributed by atoms with Gasteiger partial charge in [-0.15, -0.1) is 0 Å². The Bertz CT molecular complexity index is 557. The van der Waals surface area contributed by atoms with E-state index in [-0.39, 0.29) is 13.2 Å². The largest absolute Gasteiger partial charge is 0.459 e. The molecular weight excluding hydrogens is 252 g/mol. The maximum Gasteiger partial charge on any atom is 0.332 e. The number of carbonyl (C=O) groups is 1. The Morgan fingerprint density at radius 2 is 1.55 bits per heavy atom. The first kappa shape index (κ1) is 14.2. The first-order chi connectivity index (χ1) is 9.66. The van der Waals surface area contributed by atoms with Crippen molar-refractivity contribution in [2.75, 3.05) is 6.54 Å². The van der Waals surface area contributed by atoms with Gasteiger partial charge in [0.25, 0.3) is 0 Å². The number of hydrogen-bond donors (Lipinski definition) is 2. The minimum absolute atomic E-state index is 0.00929. The third-order valence-electron chi connectivity index (χ3n) is 3.19. The number of nitrogens with two attached hydrogens (primary N) is 2. The minimum Gasteiger partial charge on any atom is -0.459 e. The molecule has 4 N–H and O–H groups in total. The lowest BCUT2D eigenvalue weighted by molar-refractivity contribution is -0.151. The predicted molar refractivity (Wildman–Crippen MR) is 77.6 cm³/mol. The van der Waals surface area contributed by atoms with Crippen LogP contribution >= 0.6 is 0 Å². The van der Waals surface area contributed by atoms with Gasteiger partial charge in [-0.1, -0.05) is 60.7 Å². The van der Waals surface area contributed by atoms with E-state index in [9.17, 15) is 4.79 Å². The maximum atomic E-state index is 12.2. The van der Waals surface area contributed by atoms with E-state index in [2.05, 4.69) is 0 Å². The lowest BCUT2D eigenvalue weighted by Gasteiger charge is -2.26. The second-order valence-corrected chi connectivity index (χ2v) is 4.60. The highest BCUT2D eigenvalue weighted by Crippen LogP contribution is 2.19. The van der Waals surface area contributed by atoms with E-state index >= 15 is 0 Å². The molecule has 20 heavy (non-hydrogen) atoms. The zero-order valence-corrected chi connectivity index (χ0v) is 11.2. The molecule has 4 nitrogen and oxygen atoms in total. The van der Waals surface area contributed by atoms with Crippen LogP contribution in [0.3, 0.4) is 0 Å². The summed E-state index contributed by atoms with van der Waals surface area (Å²) >= 11 is 0. The lowest BCUT2D eigenvalue weighted by atomic mass is 9.91. The van der Waals surface area contributed by atoms with Crippen molar-refractivity contribution < 1.29 is 9.53 Å². The van der Waals surface area contributed by atoms with E-state index in [4.69, 9.17) is 16.2 Å². The van der Waals surface area contributed by atoms with Crippen LogP contribution in [0, 0.1) is 0 Å². The number of esters is 1. The quantitative estimate of drug-likeness (QED) is 0.808. The van der Waals surface area contributed by atoms with Crippen LogP contribution in [0.25, 0.3) is 0 Å². The Morgan fingerprint density at radius 3 is 2.10 bits per heavy atom. The Morgan fingerprint density at radius 1 is 1.00 bits per heavy atom. The van der Waals surface area contributed by atoms with Crippen LogP contribution in [-0.2, 0) is 21.7 Å². The highest BCUT2D eigenvalue weighted by Gasteiger charge is 2.36. The molecule has 0 fully saturated rings. The van der Waals surface area contributed by atoms with Crippen LogP contribution in [0.5, 0.6) is 0 Å². The molecule has 0 aliphatic carbocycles. The number of ether oxygens (including phenoxy) is 1. The fourth-order valence-corrected chi connectivity index (χ4v) is 1.91. The highest BCUT2D eigenvalue weighted by molar-refractivity contribution is 5.82. The van der Waals surface area contributed by atoms with Crippen molar-refractivity contribution in [1.29, 1.82) is 0 Å². The molecule has 1 unspecified atom stereocenters. The molecular formula is C16H18N2O2. The van der Waals surface area contributed by atoms with Crippen LogP contribution in [0.1, 0.15) is 11.1 Å². The van der Waals surface area contributed by atoms with Crippen molar-refractivity contribution in [2.24, 2.45) is 11.5 Å². The first-order valence-corrected chi connectivity index (χ1v) is 6.42. The van der Waals surface area contributed by atoms with Gasteiger partial charge in [0.2, 0.25) is 0 Å². The summed E-state index contributed by atoms with van der Waals surface area (Å²) in [7, 11) is 0. The summed E-state index contributed by atoms with van der Waals surface area (Å²) in [6.07, 6.45) is 0. The van der Waals surface area contributed by atoms with E-state index in [0.29, 0.717) is 5.56 Å². The summed E-state index contributed by atoms with van der Waals surface area (Å²) in [5, 5.41) is 0. The average Bonchev–Trinajstić information content (AvgIpc) is 2.53. The number of rotatable bonds is 5. The van der Waals surface area contributed by atoms with Gasteiger partial charge in [0.15, 0.2) is 5.54 Å². The predicted octanol–water partition coefficient (Wildman–Crippen LogP) is 1.54. The molecule has 0 spiro atoms. The molecule has 0 radical (unpaired) electrons. The van der Waals surface area contributed by atoms with Gasteiger partial charge in [-0.2, -0.15) is 0 Å². The molecule has 0 heterocycles. The Hall–Kier alpha value is -2.17. The molecule has 2 aromatic rings. The summed E-state index contributed by atoms with van der Waals surface area (Å²) in [6.45, 7) is 0.177. The summed E-state index contributed by atoms with van der Waals surface area (Å²) in [4.78, 5) is 12.2. The van der Waals surface area contributed by atoms with Crippen molar-refractivity contribution in [1.82, 2.24) is 0 Å². The van der Waals surface area contributed by atoms with Gasteiger partial charge in [0.05, 0.1) is 0 Å². The Kier molecular flexibility index (Phi) is 4.50. The van der Waals surface area contributed by atoms with Gasteiger partial charge in [0, 0.05) is 6.54 Å². The molecule has 2 aromatic carbocycles. The van der Waals surface area contributed by atoms with Crippen LogP contribution in [0.2, 0.25) is 0 Å². The molecule has 1 atom stereocenters. The van der Waals surface area contributed by atoms with Gasteiger partial charge in [0.1, 0.15) is 6.61 Å². The smallest absolute Gasteiger partial charge is 0.332 e. The average molecular weight is 270 g/mol. The van der Waals surface area contributed by atoms with Gasteiger partial charge in [-0.05, 0) is 11.1 Å². The third kappa shape index (κ3) is 3.04. The zero-order valence-electron chi connectivity index (χ0n) is 11.2. The van der Waals surface area contributed by atoms with E-state index in [1.807, 2.05) is 48.5 Å². The molecule has 0 saturated carbocycles. The van der Waals surface area contributed by atoms with E-state index in [1.54, 1.807) is 12.1 Å². The summed E-state index contributed by atoms with van der Waals surface area (Å²) in [6, 6.07) is 18.5. The van der Waals surface area contributed by atoms with Crippen molar-refractivity contribution in [3.8, 4) is 0 Å². The van der Waals surface area contributed by atoms with Gasteiger partial charge >= 0.3 is 5.97 Å². The SMILES string of the molecule is NCC(N)(C(=O)OCc1ccccc1)c1ccccc1. The minimum atomic E-state index is -1.31. The fraction of sp³-hybridized carbons (Fsp3) is 0.188. The standard InChI is InChI=1S/C16H18N2O2/c17-12-16(18,14-9-5-2-6-10-14)15(19)20-11-13-7-3-1-4-8-13/h1-10H,11-12,17-18H2. The fourth-order valence-electron chi connectivity index (χ4n) is 1.91. The van der Waals surface area contributed by atoms with Gasteiger partial charge in [-0.25, -0.2) is 4.79 Å². The molecule has 2 rings (SSSR count). The van der Waals surface area contributed by atoms with Gasteiger partial charge in [-0.3, -0.25) is 0 Å². The third-order valence-corrected chi connectivity index (χ3v) is 3.19. The first-order valence-electron chi connectivity index (χ1n) is 6.42. The molecule has 0 aliphatic rings. The van der Waals surface area contributed by atoms with Crippen molar-refractivity contribution in [2.45, 2.75) is 12.1 Å². The van der Waals surface area contributed by atoms with Crippen molar-refractivity contribution in [3.63, 3.8) is 0 Å². The number of carbonyl (C=O) groups excluding carboxylic acids is 1. The van der Waals surface area contributed by atoms with Crippen LogP contribution in [0.4, 0.5) is 0 Å². The lowest BCUT2D eigenvalue weighted by Crippen LogP contribution is -2.51. The van der Waals surface area contributed by atoms with Crippen molar-refractivity contribution in [3.05, 3.63) is 71.8 Å². The van der Waals surface area contributed by atoms with Crippen molar-refractivity contribution >= 4 is 5.97 Å². The van der Waals surface area contributed by atoms with E-state index in [1.165, 1.54) is 0 Å². The second-order valence-electron chi connectivity index (χ2n) is 4.60. The summed E-state index contributed by atoms with van der Waals surface area (Å²) in [5.41, 5.74) is 12.1. The normalized spacial score (nSPS) is 13.5. The number of benzene rings is 2. The van der Waals surface area contributed by atoms with Gasteiger partial charge < -0.3 is 16.2 Å². The van der Waals surface area contributed by atoms with Crippen LogP contribution in [0.15, 0.2) is 60.7 Å².